The molecule has 13 heavy (non-hydrogen) atoms. The molecule has 0 saturated carbocycles. The van der Waals surface area contributed by atoms with Gasteiger partial charge in [-0.3, -0.25) is 9.59 Å². The zero-order chi connectivity index (χ0) is 10.4. The van der Waals surface area contributed by atoms with Gasteiger partial charge in [-0.1, -0.05) is 0 Å². The van der Waals surface area contributed by atoms with Gasteiger partial charge in [0, 0.05) is 6.04 Å². The second kappa shape index (κ2) is 5.53. The first kappa shape index (κ1) is 11.9. The van der Waals surface area contributed by atoms with Crippen LogP contribution < -0.4 is 10.6 Å². The van der Waals surface area contributed by atoms with Crippen LogP contribution in [-0.2, 0) is 9.59 Å². The number of carboxylic acid groups (broad SMARTS) is 1. The smallest absolute Gasteiger partial charge is 0.308 e. The minimum absolute atomic E-state index is 0.192. The van der Waals surface area contributed by atoms with Crippen LogP contribution in [0.25, 0.3) is 0 Å². The van der Waals surface area contributed by atoms with Crippen LogP contribution in [0.3, 0.4) is 0 Å². The lowest BCUT2D eigenvalue weighted by molar-refractivity contribution is -0.142. The molecule has 0 fully saturated rings. The van der Waals surface area contributed by atoms with Crippen molar-refractivity contribution < 1.29 is 14.7 Å². The van der Waals surface area contributed by atoms with Gasteiger partial charge in [0.05, 0.1) is 12.5 Å². The highest BCUT2D eigenvalue weighted by Gasteiger charge is 2.20. The molecule has 0 saturated heterocycles. The number of carbonyl (C=O) groups is 2. The summed E-state index contributed by atoms with van der Waals surface area (Å²) >= 11 is 0. The van der Waals surface area contributed by atoms with Crippen LogP contribution in [0, 0.1) is 5.92 Å². The van der Waals surface area contributed by atoms with Gasteiger partial charge < -0.3 is 15.7 Å². The van der Waals surface area contributed by atoms with E-state index in [0.717, 1.165) is 0 Å². The quantitative estimate of drug-likeness (QED) is 0.540. The molecule has 0 aliphatic carbocycles. The second-order valence-corrected chi connectivity index (χ2v) is 3.01. The van der Waals surface area contributed by atoms with Crippen molar-refractivity contribution in [3.05, 3.63) is 0 Å². The number of hydrogen-bond donors (Lipinski definition) is 3. The van der Waals surface area contributed by atoms with Gasteiger partial charge in [0.25, 0.3) is 0 Å². The molecule has 0 aliphatic rings. The SMILES string of the molecule is CNCC(=O)NC(C)C(C)C(=O)O. The maximum Gasteiger partial charge on any atom is 0.308 e. The number of amides is 1. The van der Waals surface area contributed by atoms with Crippen molar-refractivity contribution in [1.82, 2.24) is 10.6 Å². The van der Waals surface area contributed by atoms with Gasteiger partial charge in [-0.15, -0.1) is 0 Å². The summed E-state index contributed by atoms with van der Waals surface area (Å²) in [7, 11) is 1.66. The molecule has 0 spiro atoms. The highest BCUT2D eigenvalue weighted by Crippen LogP contribution is 2.01. The lowest BCUT2D eigenvalue weighted by atomic mass is 10.0. The zero-order valence-electron chi connectivity index (χ0n) is 8.13. The fourth-order valence-electron chi connectivity index (χ4n) is 0.804. The Morgan fingerprint density at radius 2 is 1.92 bits per heavy atom. The molecule has 0 aromatic carbocycles. The first-order valence-electron chi connectivity index (χ1n) is 4.15. The average Bonchev–Trinajstić information content (AvgIpc) is 2.03. The van der Waals surface area contributed by atoms with E-state index in [-0.39, 0.29) is 18.5 Å². The Hall–Kier alpha value is -1.10. The number of hydrogen-bond acceptors (Lipinski definition) is 3. The van der Waals surface area contributed by atoms with E-state index in [1.165, 1.54) is 0 Å². The summed E-state index contributed by atoms with van der Waals surface area (Å²) in [6.07, 6.45) is 0. The number of carbonyl (C=O) groups excluding carboxylic acids is 1. The lowest BCUT2D eigenvalue weighted by Crippen LogP contribution is -2.43. The first-order chi connectivity index (χ1) is 5.99. The fraction of sp³-hybridized carbons (Fsp3) is 0.750. The number of carboxylic acids is 1. The van der Waals surface area contributed by atoms with Gasteiger partial charge in [-0.2, -0.15) is 0 Å². The molecular formula is C8H16N2O3. The molecule has 0 aromatic heterocycles. The van der Waals surface area contributed by atoms with Crippen LogP contribution in [-0.4, -0.2) is 36.6 Å². The molecule has 1 amide bonds. The largest absolute Gasteiger partial charge is 0.481 e. The molecule has 76 valence electrons. The number of rotatable bonds is 5. The number of nitrogens with one attached hydrogen (secondary N) is 2. The Morgan fingerprint density at radius 1 is 1.38 bits per heavy atom. The van der Waals surface area contributed by atoms with E-state index in [4.69, 9.17) is 5.11 Å². The van der Waals surface area contributed by atoms with Crippen LogP contribution in [0.2, 0.25) is 0 Å². The van der Waals surface area contributed by atoms with E-state index in [1.54, 1.807) is 20.9 Å². The summed E-state index contributed by atoms with van der Waals surface area (Å²) in [6, 6.07) is -0.349. The normalized spacial score (nSPS) is 14.7. The van der Waals surface area contributed by atoms with E-state index in [1.807, 2.05) is 0 Å². The van der Waals surface area contributed by atoms with E-state index < -0.39 is 11.9 Å². The lowest BCUT2D eigenvalue weighted by Gasteiger charge is -2.17. The predicted molar refractivity (Wildman–Crippen MR) is 48.3 cm³/mol. The average molecular weight is 188 g/mol. The van der Waals surface area contributed by atoms with Gasteiger partial charge in [0.15, 0.2) is 0 Å². The van der Waals surface area contributed by atoms with E-state index in [9.17, 15) is 9.59 Å². The minimum Gasteiger partial charge on any atom is -0.481 e. The molecule has 0 aliphatic heterocycles. The Kier molecular flexibility index (Phi) is 5.06. The molecule has 2 unspecified atom stereocenters. The maximum absolute atomic E-state index is 11.0. The third kappa shape index (κ3) is 4.47. The van der Waals surface area contributed by atoms with Crippen LogP contribution in [0.1, 0.15) is 13.8 Å². The molecule has 0 radical (unpaired) electrons. The third-order valence-corrected chi connectivity index (χ3v) is 1.87. The molecule has 5 nitrogen and oxygen atoms in total. The monoisotopic (exact) mass is 188 g/mol. The van der Waals surface area contributed by atoms with Gasteiger partial charge in [0.2, 0.25) is 5.91 Å². The molecule has 0 bridgehead atoms. The van der Waals surface area contributed by atoms with Gasteiger partial charge in [0.1, 0.15) is 0 Å². The Labute approximate surface area is 77.5 Å². The summed E-state index contributed by atoms with van der Waals surface area (Å²) in [5.74, 6) is -1.67. The van der Waals surface area contributed by atoms with Crippen molar-refractivity contribution >= 4 is 11.9 Å². The summed E-state index contributed by atoms with van der Waals surface area (Å²) in [4.78, 5) is 21.5. The van der Waals surface area contributed by atoms with Gasteiger partial charge >= 0.3 is 5.97 Å². The zero-order valence-corrected chi connectivity index (χ0v) is 8.13. The van der Waals surface area contributed by atoms with Crippen molar-refractivity contribution in [3.63, 3.8) is 0 Å². The molecular weight excluding hydrogens is 172 g/mol. The van der Waals surface area contributed by atoms with E-state index in [0.29, 0.717) is 0 Å². The molecule has 3 N–H and O–H groups in total. The molecule has 0 heterocycles. The molecule has 5 heteroatoms. The van der Waals surface area contributed by atoms with Crippen LogP contribution in [0.15, 0.2) is 0 Å². The molecule has 0 aromatic rings. The minimum atomic E-state index is -0.905. The van der Waals surface area contributed by atoms with Crippen molar-refractivity contribution in [2.45, 2.75) is 19.9 Å². The summed E-state index contributed by atoms with van der Waals surface area (Å²) < 4.78 is 0. The van der Waals surface area contributed by atoms with Crippen molar-refractivity contribution in [1.29, 1.82) is 0 Å². The topological polar surface area (TPSA) is 78.4 Å². The highest BCUT2D eigenvalue weighted by molar-refractivity contribution is 5.79. The van der Waals surface area contributed by atoms with Crippen molar-refractivity contribution in [3.8, 4) is 0 Å². The Bertz CT molecular complexity index is 194. The van der Waals surface area contributed by atoms with E-state index in [2.05, 4.69) is 10.6 Å². The predicted octanol–water partition coefficient (Wildman–Crippen LogP) is -0.569. The fourth-order valence-corrected chi connectivity index (χ4v) is 0.804. The van der Waals surface area contributed by atoms with Crippen LogP contribution >= 0.6 is 0 Å². The van der Waals surface area contributed by atoms with Gasteiger partial charge in [-0.05, 0) is 20.9 Å². The number of likely N-dealkylation sites (N-methyl/N-ethyl adjacent to an activating group) is 1. The molecule has 2 atom stereocenters. The van der Waals surface area contributed by atoms with E-state index >= 15 is 0 Å². The van der Waals surface area contributed by atoms with Gasteiger partial charge in [-0.25, -0.2) is 0 Å². The Balaban J connectivity index is 3.92. The number of aliphatic carboxylic acids is 1. The maximum atomic E-state index is 11.0. The Morgan fingerprint density at radius 3 is 2.31 bits per heavy atom. The molecule has 0 rings (SSSR count). The van der Waals surface area contributed by atoms with Crippen molar-refractivity contribution in [2.24, 2.45) is 5.92 Å². The third-order valence-electron chi connectivity index (χ3n) is 1.87. The van der Waals surface area contributed by atoms with Crippen LogP contribution in [0.5, 0.6) is 0 Å². The summed E-state index contributed by atoms with van der Waals surface area (Å²) in [5, 5.41) is 13.9. The first-order valence-corrected chi connectivity index (χ1v) is 4.15. The summed E-state index contributed by atoms with van der Waals surface area (Å²) in [5.41, 5.74) is 0. The standard InChI is InChI=1S/C8H16N2O3/c1-5(8(12)13)6(2)10-7(11)4-9-3/h5-6,9H,4H2,1-3H3,(H,10,11)(H,12,13). The second-order valence-electron chi connectivity index (χ2n) is 3.01. The van der Waals surface area contributed by atoms with Crippen molar-refractivity contribution in [2.75, 3.05) is 13.6 Å². The highest BCUT2D eigenvalue weighted by atomic mass is 16.4. The summed E-state index contributed by atoms with van der Waals surface area (Å²) in [6.45, 7) is 3.44. The van der Waals surface area contributed by atoms with Crippen LogP contribution in [0.4, 0.5) is 0 Å².